The maximum atomic E-state index is 8.61. The summed E-state index contributed by atoms with van der Waals surface area (Å²) in [5.74, 6) is 7.72. The zero-order valence-corrected chi connectivity index (χ0v) is 11.3. The second-order valence-corrected chi connectivity index (χ2v) is 6.07. The highest BCUT2D eigenvalue weighted by atomic mass is 32.2. The summed E-state index contributed by atoms with van der Waals surface area (Å²) in [5.41, 5.74) is 0. The van der Waals surface area contributed by atoms with E-state index in [9.17, 15) is 0 Å². The standard InChI is InChI=1S/C13H16O2S2/c14-7-1-4-12-5-6-13(17-12)10-16-9-11-3-2-8-15-11/h5-6,11,14H,2-3,7-10H2. The van der Waals surface area contributed by atoms with Gasteiger partial charge in [-0.25, -0.2) is 0 Å². The highest BCUT2D eigenvalue weighted by Crippen LogP contribution is 2.24. The molecule has 1 aromatic rings. The quantitative estimate of drug-likeness (QED) is 0.851. The summed E-state index contributed by atoms with van der Waals surface area (Å²) in [6, 6.07) is 4.14. The Balaban J connectivity index is 1.73. The number of aliphatic hydroxyl groups is 1. The minimum atomic E-state index is -0.0685. The summed E-state index contributed by atoms with van der Waals surface area (Å²) in [7, 11) is 0. The topological polar surface area (TPSA) is 29.5 Å². The van der Waals surface area contributed by atoms with Crippen LogP contribution >= 0.6 is 23.1 Å². The van der Waals surface area contributed by atoms with Gasteiger partial charge in [0, 0.05) is 23.0 Å². The van der Waals surface area contributed by atoms with Crippen LogP contribution in [0.4, 0.5) is 0 Å². The number of aliphatic hydroxyl groups excluding tert-OH is 1. The molecule has 0 aromatic carbocycles. The molecule has 0 aliphatic carbocycles. The molecular weight excluding hydrogens is 252 g/mol. The molecular formula is C13H16O2S2. The monoisotopic (exact) mass is 268 g/mol. The van der Waals surface area contributed by atoms with Gasteiger partial charge in [-0.15, -0.1) is 11.3 Å². The minimum Gasteiger partial charge on any atom is -0.384 e. The average Bonchev–Trinajstić information content (AvgIpc) is 2.98. The maximum absolute atomic E-state index is 8.61. The third-order valence-corrected chi connectivity index (χ3v) is 4.83. The van der Waals surface area contributed by atoms with Crippen molar-refractivity contribution >= 4 is 23.1 Å². The molecule has 0 amide bonds. The summed E-state index contributed by atoms with van der Waals surface area (Å²) in [6.07, 6.45) is 2.89. The first-order chi connectivity index (χ1) is 8.38. The Morgan fingerprint density at radius 3 is 3.24 bits per heavy atom. The molecule has 0 radical (unpaired) electrons. The van der Waals surface area contributed by atoms with Crippen LogP contribution in [-0.2, 0) is 10.5 Å². The Labute approximate surface area is 110 Å². The largest absolute Gasteiger partial charge is 0.384 e. The highest BCUT2D eigenvalue weighted by Gasteiger charge is 2.15. The van der Waals surface area contributed by atoms with Gasteiger partial charge < -0.3 is 9.84 Å². The van der Waals surface area contributed by atoms with Gasteiger partial charge in [0.25, 0.3) is 0 Å². The molecule has 2 heterocycles. The van der Waals surface area contributed by atoms with E-state index in [0.717, 1.165) is 23.0 Å². The van der Waals surface area contributed by atoms with E-state index >= 15 is 0 Å². The zero-order chi connectivity index (χ0) is 11.9. The second kappa shape index (κ2) is 7.07. The molecule has 1 saturated heterocycles. The van der Waals surface area contributed by atoms with Crippen LogP contribution in [0.2, 0.25) is 0 Å². The van der Waals surface area contributed by atoms with Crippen molar-refractivity contribution in [2.24, 2.45) is 0 Å². The molecule has 0 saturated carbocycles. The van der Waals surface area contributed by atoms with E-state index in [1.165, 1.54) is 17.7 Å². The summed E-state index contributed by atoms with van der Waals surface area (Å²) < 4.78 is 5.58. The second-order valence-electron chi connectivity index (χ2n) is 3.88. The van der Waals surface area contributed by atoms with Crippen molar-refractivity contribution in [2.75, 3.05) is 19.0 Å². The maximum Gasteiger partial charge on any atom is 0.104 e. The first kappa shape index (κ1) is 13.0. The fourth-order valence-electron chi connectivity index (χ4n) is 1.72. The summed E-state index contributed by atoms with van der Waals surface area (Å²) in [5, 5.41) is 8.61. The molecule has 1 aromatic heterocycles. The Morgan fingerprint density at radius 1 is 1.53 bits per heavy atom. The Kier molecular flexibility index (Phi) is 5.40. The molecule has 1 N–H and O–H groups in total. The number of hydrogen-bond donors (Lipinski definition) is 1. The third kappa shape index (κ3) is 4.36. The smallest absolute Gasteiger partial charge is 0.104 e. The normalized spacial score (nSPS) is 19.0. The van der Waals surface area contributed by atoms with E-state index in [2.05, 4.69) is 17.9 Å². The van der Waals surface area contributed by atoms with E-state index in [-0.39, 0.29) is 6.61 Å². The van der Waals surface area contributed by atoms with Crippen molar-refractivity contribution in [3.8, 4) is 11.8 Å². The lowest BCUT2D eigenvalue weighted by Gasteiger charge is -2.07. The van der Waals surface area contributed by atoms with E-state index in [0.29, 0.717) is 6.10 Å². The lowest BCUT2D eigenvalue weighted by atomic mass is 10.3. The van der Waals surface area contributed by atoms with Crippen LogP contribution in [0, 0.1) is 11.8 Å². The van der Waals surface area contributed by atoms with Gasteiger partial charge in [-0.1, -0.05) is 11.8 Å². The van der Waals surface area contributed by atoms with E-state index in [4.69, 9.17) is 9.84 Å². The molecule has 0 spiro atoms. The van der Waals surface area contributed by atoms with Gasteiger partial charge in [-0.2, -0.15) is 11.8 Å². The van der Waals surface area contributed by atoms with Crippen molar-refractivity contribution < 1.29 is 9.84 Å². The van der Waals surface area contributed by atoms with Crippen LogP contribution in [0.3, 0.4) is 0 Å². The predicted octanol–water partition coefficient (Wildman–Crippen LogP) is 2.50. The van der Waals surface area contributed by atoms with E-state index in [1.807, 2.05) is 17.8 Å². The van der Waals surface area contributed by atoms with E-state index in [1.54, 1.807) is 11.3 Å². The van der Waals surface area contributed by atoms with Crippen molar-refractivity contribution in [2.45, 2.75) is 24.7 Å². The molecule has 1 unspecified atom stereocenters. The van der Waals surface area contributed by atoms with Crippen molar-refractivity contribution in [3.05, 3.63) is 21.9 Å². The van der Waals surface area contributed by atoms with Gasteiger partial charge in [0.2, 0.25) is 0 Å². The van der Waals surface area contributed by atoms with Gasteiger partial charge in [0.15, 0.2) is 0 Å². The van der Waals surface area contributed by atoms with Crippen LogP contribution in [0.25, 0.3) is 0 Å². The third-order valence-electron chi connectivity index (χ3n) is 2.52. The molecule has 1 aliphatic rings. The molecule has 4 heteroatoms. The SMILES string of the molecule is OCC#Cc1ccc(CSCC2CCCO2)s1. The average molecular weight is 268 g/mol. The minimum absolute atomic E-state index is 0.0685. The lowest BCUT2D eigenvalue weighted by Crippen LogP contribution is -2.07. The molecule has 92 valence electrons. The van der Waals surface area contributed by atoms with Crippen molar-refractivity contribution in [1.82, 2.24) is 0 Å². The van der Waals surface area contributed by atoms with Crippen LogP contribution in [0.1, 0.15) is 22.6 Å². The Morgan fingerprint density at radius 2 is 2.47 bits per heavy atom. The Hall–Kier alpha value is -0.470. The first-order valence-corrected chi connectivity index (χ1v) is 7.73. The molecule has 1 fully saturated rings. The van der Waals surface area contributed by atoms with Crippen LogP contribution in [-0.4, -0.2) is 30.2 Å². The number of thioether (sulfide) groups is 1. The van der Waals surface area contributed by atoms with Gasteiger partial charge >= 0.3 is 0 Å². The van der Waals surface area contributed by atoms with Crippen LogP contribution < -0.4 is 0 Å². The lowest BCUT2D eigenvalue weighted by molar-refractivity contribution is 0.129. The number of rotatable bonds is 4. The number of thiophene rings is 1. The van der Waals surface area contributed by atoms with Crippen LogP contribution in [0.15, 0.2) is 12.1 Å². The zero-order valence-electron chi connectivity index (χ0n) is 9.65. The van der Waals surface area contributed by atoms with Crippen molar-refractivity contribution in [1.29, 1.82) is 0 Å². The fraction of sp³-hybridized carbons (Fsp3) is 0.538. The summed E-state index contributed by atoms with van der Waals surface area (Å²) >= 11 is 3.64. The molecule has 1 aliphatic heterocycles. The van der Waals surface area contributed by atoms with Crippen LogP contribution in [0.5, 0.6) is 0 Å². The summed E-state index contributed by atoms with van der Waals surface area (Å²) in [4.78, 5) is 2.38. The number of ether oxygens (including phenoxy) is 1. The molecule has 17 heavy (non-hydrogen) atoms. The molecule has 0 bridgehead atoms. The highest BCUT2D eigenvalue weighted by molar-refractivity contribution is 7.98. The van der Waals surface area contributed by atoms with Gasteiger partial charge in [0.05, 0.1) is 11.0 Å². The van der Waals surface area contributed by atoms with Gasteiger partial charge in [-0.05, 0) is 25.0 Å². The van der Waals surface area contributed by atoms with Gasteiger partial charge in [-0.3, -0.25) is 0 Å². The number of hydrogen-bond acceptors (Lipinski definition) is 4. The fourth-order valence-corrected chi connectivity index (χ4v) is 3.82. The predicted molar refractivity (Wildman–Crippen MR) is 73.4 cm³/mol. The molecule has 2 rings (SSSR count). The van der Waals surface area contributed by atoms with Gasteiger partial charge in [0.1, 0.15) is 6.61 Å². The molecule has 2 nitrogen and oxygen atoms in total. The Bertz CT molecular complexity index is 397. The van der Waals surface area contributed by atoms with E-state index < -0.39 is 0 Å². The first-order valence-electron chi connectivity index (χ1n) is 5.76. The molecule has 1 atom stereocenters. The van der Waals surface area contributed by atoms with Crippen molar-refractivity contribution in [3.63, 3.8) is 0 Å². The summed E-state index contributed by atoms with van der Waals surface area (Å²) in [6.45, 7) is 0.867.